The average Bonchev–Trinajstić information content (AvgIpc) is 2.84. The molecule has 20 heavy (non-hydrogen) atoms. The summed E-state index contributed by atoms with van der Waals surface area (Å²) in [4.78, 5) is 0.288. The molecule has 1 aliphatic heterocycles. The van der Waals surface area contributed by atoms with E-state index in [1.54, 1.807) is 17.5 Å². The Morgan fingerprint density at radius 3 is 2.80 bits per heavy atom. The lowest BCUT2D eigenvalue weighted by atomic mass is 10.0. The van der Waals surface area contributed by atoms with Crippen LogP contribution in [0.1, 0.15) is 33.1 Å². The summed E-state index contributed by atoms with van der Waals surface area (Å²) < 4.78 is 28.6. The molecular formula is C13H24N4O2S. The molecule has 1 aromatic heterocycles. The highest BCUT2D eigenvalue weighted by atomic mass is 32.2. The summed E-state index contributed by atoms with van der Waals surface area (Å²) in [6, 6.07) is 0.399. The van der Waals surface area contributed by atoms with E-state index in [1.807, 2.05) is 0 Å². The third-order valence-corrected chi connectivity index (χ3v) is 5.53. The second-order valence-electron chi connectivity index (χ2n) is 5.68. The van der Waals surface area contributed by atoms with Crippen LogP contribution in [0.4, 0.5) is 0 Å². The third-order valence-electron chi connectivity index (χ3n) is 3.62. The van der Waals surface area contributed by atoms with Gasteiger partial charge in [0.2, 0.25) is 10.0 Å². The molecule has 0 spiro atoms. The number of nitrogens with one attached hydrogen (secondary N) is 1. The highest BCUT2D eigenvalue weighted by Crippen LogP contribution is 2.24. The van der Waals surface area contributed by atoms with Crippen LogP contribution in [0, 0.1) is 0 Å². The molecule has 0 saturated carbocycles. The molecule has 1 aromatic rings. The quantitative estimate of drug-likeness (QED) is 0.879. The molecular weight excluding hydrogens is 276 g/mol. The Balaban J connectivity index is 2.18. The van der Waals surface area contributed by atoms with Gasteiger partial charge in [0.05, 0.1) is 6.20 Å². The van der Waals surface area contributed by atoms with Crippen molar-refractivity contribution < 1.29 is 8.42 Å². The van der Waals surface area contributed by atoms with E-state index in [0.717, 1.165) is 19.3 Å². The Morgan fingerprint density at radius 1 is 1.45 bits per heavy atom. The Labute approximate surface area is 121 Å². The highest BCUT2D eigenvalue weighted by molar-refractivity contribution is 7.89. The maximum Gasteiger partial charge on any atom is 0.246 e. The number of piperidine rings is 1. The third kappa shape index (κ3) is 3.39. The van der Waals surface area contributed by atoms with Crippen molar-refractivity contribution in [2.24, 2.45) is 7.05 Å². The van der Waals surface area contributed by atoms with Gasteiger partial charge in [0.25, 0.3) is 0 Å². The summed E-state index contributed by atoms with van der Waals surface area (Å²) in [5.41, 5.74) is 0. The topological polar surface area (TPSA) is 67.2 Å². The van der Waals surface area contributed by atoms with Crippen molar-refractivity contribution in [2.45, 2.75) is 50.1 Å². The predicted octanol–water partition coefficient (Wildman–Crippen LogP) is 0.961. The minimum absolute atomic E-state index is 0.0383. The van der Waals surface area contributed by atoms with Gasteiger partial charge in [-0.1, -0.05) is 20.3 Å². The van der Waals surface area contributed by atoms with Crippen molar-refractivity contribution >= 4 is 10.0 Å². The number of aryl methyl sites for hydroxylation is 1. The molecule has 7 heteroatoms. The van der Waals surface area contributed by atoms with Crippen LogP contribution in [0.5, 0.6) is 0 Å². The van der Waals surface area contributed by atoms with Gasteiger partial charge in [-0.15, -0.1) is 0 Å². The van der Waals surface area contributed by atoms with Crippen LogP contribution in [0.2, 0.25) is 0 Å². The van der Waals surface area contributed by atoms with Gasteiger partial charge in [-0.3, -0.25) is 4.68 Å². The van der Waals surface area contributed by atoms with Gasteiger partial charge < -0.3 is 5.32 Å². The van der Waals surface area contributed by atoms with E-state index >= 15 is 0 Å². The molecule has 2 rings (SSSR count). The summed E-state index contributed by atoms with van der Waals surface area (Å²) >= 11 is 0. The number of aromatic nitrogens is 2. The first-order valence-electron chi connectivity index (χ1n) is 7.15. The normalized spacial score (nSPS) is 21.5. The number of nitrogens with zero attached hydrogens (tertiary/aromatic N) is 3. The van der Waals surface area contributed by atoms with Gasteiger partial charge in [0.1, 0.15) is 4.90 Å². The van der Waals surface area contributed by atoms with Crippen LogP contribution in [0.15, 0.2) is 17.3 Å². The van der Waals surface area contributed by atoms with Crippen LogP contribution >= 0.6 is 0 Å². The van der Waals surface area contributed by atoms with Gasteiger partial charge >= 0.3 is 0 Å². The lowest BCUT2D eigenvalue weighted by Crippen LogP contribution is -2.49. The second-order valence-corrected chi connectivity index (χ2v) is 7.57. The fourth-order valence-electron chi connectivity index (χ4n) is 2.53. The molecule has 1 unspecified atom stereocenters. The standard InChI is InChI=1S/C13H24N4O2S/c1-11(2)14-8-12-6-4-5-7-17(12)20(18,19)13-9-15-16(3)10-13/h9-12,14H,4-8H2,1-3H3. The van der Waals surface area contributed by atoms with E-state index in [2.05, 4.69) is 24.3 Å². The Morgan fingerprint density at radius 2 is 2.20 bits per heavy atom. The molecule has 1 fully saturated rings. The zero-order chi connectivity index (χ0) is 14.8. The Kier molecular flexibility index (Phi) is 4.82. The summed E-state index contributed by atoms with van der Waals surface area (Å²) in [7, 11) is -1.70. The SMILES string of the molecule is CC(C)NCC1CCCCN1S(=O)(=O)c1cnn(C)c1. The van der Waals surface area contributed by atoms with E-state index < -0.39 is 10.0 Å². The number of sulfonamides is 1. The van der Waals surface area contributed by atoms with Crippen LogP contribution < -0.4 is 5.32 Å². The summed E-state index contributed by atoms with van der Waals surface area (Å²) in [6.07, 6.45) is 5.92. The van der Waals surface area contributed by atoms with Gasteiger partial charge in [0, 0.05) is 38.4 Å². The van der Waals surface area contributed by atoms with Gasteiger partial charge in [-0.25, -0.2) is 8.42 Å². The van der Waals surface area contributed by atoms with Gasteiger partial charge in [-0.05, 0) is 12.8 Å². The molecule has 114 valence electrons. The fraction of sp³-hybridized carbons (Fsp3) is 0.769. The van der Waals surface area contributed by atoms with Crippen LogP contribution in [0.3, 0.4) is 0 Å². The maximum absolute atomic E-state index is 12.7. The van der Waals surface area contributed by atoms with E-state index in [4.69, 9.17) is 0 Å². The van der Waals surface area contributed by atoms with Crippen molar-refractivity contribution in [1.29, 1.82) is 0 Å². The number of hydrogen-bond acceptors (Lipinski definition) is 4. The van der Waals surface area contributed by atoms with Crippen molar-refractivity contribution in [3.05, 3.63) is 12.4 Å². The molecule has 6 nitrogen and oxygen atoms in total. The fourth-order valence-corrected chi connectivity index (χ4v) is 4.21. The molecule has 0 radical (unpaired) electrons. The summed E-state index contributed by atoms with van der Waals surface area (Å²) in [6.45, 7) is 5.45. The van der Waals surface area contributed by atoms with Gasteiger partial charge in [0.15, 0.2) is 0 Å². The largest absolute Gasteiger partial charge is 0.313 e. The van der Waals surface area contributed by atoms with Crippen LogP contribution in [0.25, 0.3) is 0 Å². The summed E-state index contributed by atoms with van der Waals surface area (Å²) in [5.74, 6) is 0. The molecule has 0 bridgehead atoms. The van der Waals surface area contributed by atoms with Crippen molar-refractivity contribution in [1.82, 2.24) is 19.4 Å². The molecule has 1 N–H and O–H groups in total. The molecule has 2 heterocycles. The van der Waals surface area contributed by atoms with E-state index in [-0.39, 0.29) is 10.9 Å². The zero-order valence-electron chi connectivity index (χ0n) is 12.4. The molecule has 1 atom stereocenters. The molecule has 0 aromatic carbocycles. The van der Waals surface area contributed by atoms with Crippen molar-refractivity contribution in [2.75, 3.05) is 13.1 Å². The lowest BCUT2D eigenvalue weighted by Gasteiger charge is -2.34. The molecule has 0 aliphatic carbocycles. The van der Waals surface area contributed by atoms with Crippen LogP contribution in [-0.2, 0) is 17.1 Å². The maximum atomic E-state index is 12.7. The predicted molar refractivity (Wildman–Crippen MR) is 77.9 cm³/mol. The lowest BCUT2D eigenvalue weighted by molar-refractivity contribution is 0.242. The van der Waals surface area contributed by atoms with Gasteiger partial charge in [-0.2, -0.15) is 9.40 Å². The summed E-state index contributed by atoms with van der Waals surface area (Å²) in [5, 5.41) is 7.32. The minimum Gasteiger partial charge on any atom is -0.313 e. The first-order valence-corrected chi connectivity index (χ1v) is 8.59. The molecule has 1 saturated heterocycles. The average molecular weight is 300 g/mol. The van der Waals surface area contributed by atoms with Crippen molar-refractivity contribution in [3.8, 4) is 0 Å². The minimum atomic E-state index is -3.43. The first-order chi connectivity index (χ1) is 9.41. The van der Waals surface area contributed by atoms with E-state index in [1.165, 1.54) is 10.9 Å². The van der Waals surface area contributed by atoms with Crippen molar-refractivity contribution in [3.63, 3.8) is 0 Å². The second kappa shape index (κ2) is 6.24. The zero-order valence-corrected chi connectivity index (χ0v) is 13.2. The Hall–Kier alpha value is -0.920. The first kappa shape index (κ1) is 15.5. The van der Waals surface area contributed by atoms with Crippen LogP contribution in [-0.4, -0.2) is 47.7 Å². The monoisotopic (exact) mass is 300 g/mol. The number of rotatable bonds is 5. The van der Waals surface area contributed by atoms with E-state index in [0.29, 0.717) is 19.1 Å². The smallest absolute Gasteiger partial charge is 0.246 e. The van der Waals surface area contributed by atoms with E-state index in [9.17, 15) is 8.42 Å². The molecule has 1 aliphatic rings. The molecule has 0 amide bonds. The highest BCUT2D eigenvalue weighted by Gasteiger charge is 2.34. The Bertz CT molecular complexity index is 538. The number of hydrogen-bond donors (Lipinski definition) is 1.